The molecule has 1 saturated carbocycles. The smallest absolute Gasteiger partial charge is 0.328 e. The number of urea groups is 1. The van der Waals surface area contributed by atoms with Crippen molar-refractivity contribution in [3.8, 4) is 0 Å². The maximum Gasteiger partial charge on any atom is 0.328 e. The molecule has 0 unspecified atom stereocenters. The first kappa shape index (κ1) is 20.0. The average molecular weight is 424 g/mol. The number of rotatable bonds is 4. The fourth-order valence-electron chi connectivity index (χ4n) is 5.15. The predicted octanol–water partition coefficient (Wildman–Crippen LogP) is 2.75. The third-order valence-corrected chi connectivity index (χ3v) is 7.16. The third kappa shape index (κ3) is 3.79. The number of carbonyl (C=O) groups excluding carboxylic acids is 3. The van der Waals surface area contributed by atoms with E-state index in [-0.39, 0.29) is 17.9 Å². The number of carbonyl (C=O) groups is 3. The number of nitrogens with zero attached hydrogens (tertiary/aromatic N) is 4. The molecule has 2 atom stereocenters. The van der Waals surface area contributed by atoms with Crippen LogP contribution in [0.2, 0.25) is 0 Å². The first-order chi connectivity index (χ1) is 15.0. The summed E-state index contributed by atoms with van der Waals surface area (Å²) >= 11 is 0. The van der Waals surface area contributed by atoms with Crippen LogP contribution >= 0.6 is 0 Å². The molecule has 2 aromatic heterocycles. The van der Waals surface area contributed by atoms with Gasteiger partial charge in [-0.1, -0.05) is 6.42 Å². The van der Waals surface area contributed by atoms with Crippen LogP contribution in [-0.4, -0.2) is 51.5 Å². The summed E-state index contributed by atoms with van der Waals surface area (Å²) in [4.78, 5) is 40.1. The molecule has 3 aliphatic rings. The zero-order valence-electron chi connectivity index (χ0n) is 17.9. The lowest BCUT2D eigenvalue weighted by Crippen LogP contribution is -2.49. The number of fused-ring (bicyclic) bond motifs is 1. The highest BCUT2D eigenvalue weighted by molar-refractivity contribution is 6.07. The van der Waals surface area contributed by atoms with Crippen molar-refractivity contribution >= 4 is 29.0 Å². The minimum atomic E-state index is -0.395. The highest BCUT2D eigenvalue weighted by Crippen LogP contribution is 2.33. The van der Waals surface area contributed by atoms with Crippen molar-refractivity contribution in [2.75, 3.05) is 18.0 Å². The van der Waals surface area contributed by atoms with E-state index in [9.17, 15) is 14.4 Å². The van der Waals surface area contributed by atoms with Crippen molar-refractivity contribution in [2.24, 2.45) is 11.8 Å². The SMILES string of the molecule is C[C@H]1C[C@H](Cc2ccn3ncc(N4CCC(=O)NC4=O)c3c2)CCN1C(=O)C1CCC1. The quantitative estimate of drug-likeness (QED) is 0.819. The Hall–Kier alpha value is -2.90. The Bertz CT molecular complexity index is 1030. The Labute approximate surface area is 181 Å². The van der Waals surface area contributed by atoms with Gasteiger partial charge in [-0.15, -0.1) is 0 Å². The van der Waals surface area contributed by atoms with Gasteiger partial charge in [0.1, 0.15) is 0 Å². The Balaban J connectivity index is 1.28. The topological polar surface area (TPSA) is 87.0 Å². The van der Waals surface area contributed by atoms with Crippen LogP contribution in [0.1, 0.15) is 51.0 Å². The molecular weight excluding hydrogens is 394 g/mol. The van der Waals surface area contributed by atoms with Crippen molar-refractivity contribution in [1.29, 1.82) is 0 Å². The molecule has 0 aromatic carbocycles. The number of pyridine rings is 1. The maximum absolute atomic E-state index is 12.7. The van der Waals surface area contributed by atoms with Gasteiger partial charge in [-0.05, 0) is 62.6 Å². The van der Waals surface area contributed by atoms with Crippen LogP contribution in [0.4, 0.5) is 10.5 Å². The van der Waals surface area contributed by atoms with Crippen molar-refractivity contribution in [2.45, 2.75) is 57.9 Å². The lowest BCUT2D eigenvalue weighted by atomic mass is 9.81. The zero-order chi connectivity index (χ0) is 21.5. The van der Waals surface area contributed by atoms with Crippen molar-refractivity contribution in [1.82, 2.24) is 19.8 Å². The van der Waals surface area contributed by atoms with Gasteiger partial charge < -0.3 is 4.90 Å². The van der Waals surface area contributed by atoms with Crippen molar-refractivity contribution in [3.05, 3.63) is 30.1 Å². The summed E-state index contributed by atoms with van der Waals surface area (Å²) in [6.45, 7) is 3.39. The van der Waals surface area contributed by atoms with E-state index < -0.39 is 6.03 Å². The van der Waals surface area contributed by atoms with Gasteiger partial charge in [-0.25, -0.2) is 9.31 Å². The van der Waals surface area contributed by atoms with Crippen LogP contribution in [0.15, 0.2) is 24.5 Å². The second-order valence-electron chi connectivity index (χ2n) is 9.25. The van der Waals surface area contributed by atoms with E-state index in [0.29, 0.717) is 24.8 Å². The van der Waals surface area contributed by atoms with Crippen molar-refractivity contribution in [3.63, 3.8) is 0 Å². The Morgan fingerprint density at radius 2 is 2.06 bits per heavy atom. The molecule has 0 spiro atoms. The van der Waals surface area contributed by atoms with Gasteiger partial charge in [-0.2, -0.15) is 5.10 Å². The van der Waals surface area contributed by atoms with Gasteiger partial charge in [-0.3, -0.25) is 19.8 Å². The molecule has 2 saturated heterocycles. The molecular formula is C23H29N5O3. The van der Waals surface area contributed by atoms with E-state index >= 15 is 0 Å². The van der Waals surface area contributed by atoms with Crippen LogP contribution in [-0.2, 0) is 16.0 Å². The number of hydrogen-bond acceptors (Lipinski definition) is 4. The summed E-state index contributed by atoms with van der Waals surface area (Å²) in [5.41, 5.74) is 2.80. The number of nitrogens with one attached hydrogen (secondary N) is 1. The molecule has 0 bridgehead atoms. The number of amides is 4. The summed E-state index contributed by atoms with van der Waals surface area (Å²) in [6, 6.07) is 4.08. The van der Waals surface area contributed by atoms with Crippen LogP contribution in [0.5, 0.6) is 0 Å². The third-order valence-electron chi connectivity index (χ3n) is 7.16. The van der Waals surface area contributed by atoms with Gasteiger partial charge in [0.05, 0.1) is 17.4 Å². The fourth-order valence-corrected chi connectivity index (χ4v) is 5.15. The first-order valence-electron chi connectivity index (χ1n) is 11.4. The number of aromatic nitrogens is 2. The number of likely N-dealkylation sites (tertiary alicyclic amines) is 1. The Morgan fingerprint density at radius 3 is 2.77 bits per heavy atom. The van der Waals surface area contributed by atoms with Gasteiger partial charge >= 0.3 is 6.03 Å². The molecule has 2 aliphatic heterocycles. The van der Waals surface area contributed by atoms with Crippen LogP contribution in [0.25, 0.3) is 5.52 Å². The summed E-state index contributed by atoms with van der Waals surface area (Å²) in [6.07, 6.45) is 10.2. The van der Waals surface area contributed by atoms with Gasteiger partial charge in [0.25, 0.3) is 0 Å². The molecule has 164 valence electrons. The Morgan fingerprint density at radius 1 is 1.23 bits per heavy atom. The number of hydrogen-bond donors (Lipinski definition) is 1. The van der Waals surface area contributed by atoms with Crippen LogP contribution in [0.3, 0.4) is 0 Å². The average Bonchev–Trinajstić information content (AvgIpc) is 3.10. The molecule has 8 heteroatoms. The second kappa shape index (κ2) is 7.98. The first-order valence-corrected chi connectivity index (χ1v) is 11.4. The molecule has 0 radical (unpaired) electrons. The largest absolute Gasteiger partial charge is 0.340 e. The zero-order valence-corrected chi connectivity index (χ0v) is 17.9. The van der Waals surface area contributed by atoms with Crippen LogP contribution < -0.4 is 10.2 Å². The minimum Gasteiger partial charge on any atom is -0.340 e. The van der Waals surface area contributed by atoms with E-state index in [0.717, 1.165) is 49.9 Å². The summed E-state index contributed by atoms with van der Waals surface area (Å²) in [5, 5.41) is 6.75. The van der Waals surface area contributed by atoms with Gasteiger partial charge in [0, 0.05) is 37.7 Å². The second-order valence-corrected chi connectivity index (χ2v) is 9.25. The molecule has 3 fully saturated rings. The van der Waals surface area contributed by atoms with E-state index in [4.69, 9.17) is 0 Å². The van der Waals surface area contributed by atoms with E-state index in [2.05, 4.69) is 34.4 Å². The minimum absolute atomic E-state index is 0.241. The molecule has 2 aromatic rings. The highest BCUT2D eigenvalue weighted by atomic mass is 16.2. The lowest BCUT2D eigenvalue weighted by molar-refractivity contribution is -0.142. The summed E-state index contributed by atoms with van der Waals surface area (Å²) in [7, 11) is 0. The molecule has 1 aliphatic carbocycles. The summed E-state index contributed by atoms with van der Waals surface area (Å²) < 4.78 is 1.77. The van der Waals surface area contributed by atoms with Crippen LogP contribution in [0, 0.1) is 11.8 Å². The number of imide groups is 1. The molecule has 31 heavy (non-hydrogen) atoms. The maximum atomic E-state index is 12.7. The standard InChI is InChI=1S/C23H29N5O3/c1-15-11-16(5-8-26(15)22(30)18-3-2-4-18)12-17-6-10-28-19(13-17)20(14-24-28)27-9-7-21(29)25-23(27)31/h6,10,13-16,18H,2-5,7-9,11-12H2,1H3,(H,25,29,31)/t15-,16+/m0/s1. The van der Waals surface area contributed by atoms with Gasteiger partial charge in [0.2, 0.25) is 11.8 Å². The van der Waals surface area contributed by atoms with E-state index in [1.165, 1.54) is 12.0 Å². The normalized spacial score (nSPS) is 24.9. The lowest BCUT2D eigenvalue weighted by Gasteiger charge is -2.41. The van der Waals surface area contributed by atoms with E-state index in [1.54, 1.807) is 15.6 Å². The van der Waals surface area contributed by atoms with E-state index in [1.807, 2.05) is 6.20 Å². The molecule has 5 rings (SSSR count). The molecule has 1 N–H and O–H groups in total. The van der Waals surface area contributed by atoms with Crippen molar-refractivity contribution < 1.29 is 14.4 Å². The number of anilines is 1. The molecule has 8 nitrogen and oxygen atoms in total. The fraction of sp³-hybridized carbons (Fsp3) is 0.565. The molecule has 4 heterocycles. The summed E-state index contributed by atoms with van der Waals surface area (Å²) in [5.74, 6) is 0.921. The van der Waals surface area contributed by atoms with Gasteiger partial charge in [0.15, 0.2) is 0 Å². The molecule has 4 amide bonds. The monoisotopic (exact) mass is 423 g/mol. The highest BCUT2D eigenvalue weighted by Gasteiger charge is 2.35. The Kier molecular flexibility index (Phi) is 5.16. The predicted molar refractivity (Wildman–Crippen MR) is 116 cm³/mol. The number of piperidine rings is 1.